The normalized spacial score (nSPS) is 11.1. The van der Waals surface area contributed by atoms with E-state index >= 15 is 0 Å². The summed E-state index contributed by atoms with van der Waals surface area (Å²) in [6.07, 6.45) is -0.303. The molecule has 0 fully saturated rings. The van der Waals surface area contributed by atoms with Crippen molar-refractivity contribution in [3.05, 3.63) is 35.9 Å². The summed E-state index contributed by atoms with van der Waals surface area (Å²) in [5.74, 6) is 5.21. The highest BCUT2D eigenvalue weighted by molar-refractivity contribution is 5.93. The summed E-state index contributed by atoms with van der Waals surface area (Å²) < 4.78 is 0. The van der Waals surface area contributed by atoms with Crippen molar-refractivity contribution in [2.75, 3.05) is 0 Å². The molecule has 3 nitrogen and oxygen atoms in total. The van der Waals surface area contributed by atoms with Crippen LogP contribution in [0.4, 0.5) is 0 Å². The predicted octanol–water partition coefficient (Wildman–Crippen LogP) is 1.76. The van der Waals surface area contributed by atoms with Crippen LogP contribution >= 0.6 is 0 Å². The first-order valence-corrected chi connectivity index (χ1v) is 4.67. The molecule has 0 aliphatic rings. The molecule has 0 aliphatic heterocycles. The van der Waals surface area contributed by atoms with Gasteiger partial charge in [0, 0.05) is 5.56 Å². The molecule has 78 valence electrons. The van der Waals surface area contributed by atoms with Gasteiger partial charge < -0.3 is 0 Å². The lowest BCUT2D eigenvalue weighted by molar-refractivity contribution is 0.0146. The van der Waals surface area contributed by atoms with Gasteiger partial charge in [-0.3, -0.25) is 9.63 Å². The van der Waals surface area contributed by atoms with Gasteiger partial charge in [-0.1, -0.05) is 24.1 Å². The third-order valence-electron chi connectivity index (χ3n) is 1.71. The molecule has 0 saturated carbocycles. The topological polar surface area (TPSA) is 38.3 Å². The second-order valence-electron chi connectivity index (χ2n) is 2.95. The Bertz CT molecular complexity index is 376. The summed E-state index contributed by atoms with van der Waals surface area (Å²) in [5.41, 5.74) is 2.91. The molecular weight excluding hydrogens is 190 g/mol. The summed E-state index contributed by atoms with van der Waals surface area (Å²) in [4.78, 5) is 16.5. The van der Waals surface area contributed by atoms with Gasteiger partial charge in [0.1, 0.15) is 6.10 Å². The van der Waals surface area contributed by atoms with Crippen LogP contribution < -0.4 is 5.48 Å². The standard InChI is InChI=1S/C12H13NO2/c1-3-7-10(2)15-13-12(14)11-8-5-4-6-9-11/h4-6,8-10H,1-2H3,(H,13,14). The summed E-state index contributed by atoms with van der Waals surface area (Å²) >= 11 is 0. The van der Waals surface area contributed by atoms with Gasteiger partial charge in [-0.15, -0.1) is 5.92 Å². The Morgan fingerprint density at radius 2 is 2.07 bits per heavy atom. The maximum atomic E-state index is 11.5. The summed E-state index contributed by atoms with van der Waals surface area (Å²) in [5, 5.41) is 0. The molecule has 1 N–H and O–H groups in total. The molecule has 0 saturated heterocycles. The molecule has 1 rings (SSSR count). The van der Waals surface area contributed by atoms with Crippen LogP contribution in [-0.2, 0) is 4.84 Å². The van der Waals surface area contributed by atoms with E-state index in [4.69, 9.17) is 4.84 Å². The van der Waals surface area contributed by atoms with Crippen molar-refractivity contribution < 1.29 is 9.63 Å². The number of amides is 1. The van der Waals surface area contributed by atoms with Crippen LogP contribution in [0.5, 0.6) is 0 Å². The van der Waals surface area contributed by atoms with Crippen LogP contribution in [0, 0.1) is 11.8 Å². The number of benzene rings is 1. The first-order valence-electron chi connectivity index (χ1n) is 4.67. The third-order valence-corrected chi connectivity index (χ3v) is 1.71. The molecule has 1 aromatic rings. The average molecular weight is 203 g/mol. The second-order valence-corrected chi connectivity index (χ2v) is 2.95. The number of hydroxylamine groups is 1. The number of rotatable bonds is 3. The Labute approximate surface area is 89.4 Å². The zero-order valence-corrected chi connectivity index (χ0v) is 8.78. The van der Waals surface area contributed by atoms with E-state index in [2.05, 4.69) is 17.3 Å². The zero-order chi connectivity index (χ0) is 11.1. The van der Waals surface area contributed by atoms with Gasteiger partial charge >= 0.3 is 0 Å². The molecule has 0 bridgehead atoms. The maximum absolute atomic E-state index is 11.5. The van der Waals surface area contributed by atoms with Crippen molar-refractivity contribution in [2.45, 2.75) is 20.0 Å². The van der Waals surface area contributed by atoms with Gasteiger partial charge in [-0.25, -0.2) is 5.48 Å². The Morgan fingerprint density at radius 1 is 1.40 bits per heavy atom. The van der Waals surface area contributed by atoms with Gasteiger partial charge in [0.25, 0.3) is 5.91 Å². The minimum absolute atomic E-state index is 0.264. The van der Waals surface area contributed by atoms with Gasteiger partial charge in [0.2, 0.25) is 0 Å². The molecule has 15 heavy (non-hydrogen) atoms. The lowest BCUT2D eigenvalue weighted by Crippen LogP contribution is -2.27. The van der Waals surface area contributed by atoms with Crippen LogP contribution in [0.3, 0.4) is 0 Å². The first kappa shape index (κ1) is 11.3. The lowest BCUT2D eigenvalue weighted by Gasteiger charge is -2.07. The highest BCUT2D eigenvalue weighted by atomic mass is 16.7. The molecule has 1 amide bonds. The molecule has 0 aliphatic carbocycles. The minimum Gasteiger partial charge on any atom is -0.267 e. The summed E-state index contributed by atoms with van der Waals surface area (Å²) in [6, 6.07) is 8.88. The van der Waals surface area contributed by atoms with Gasteiger partial charge in [0.15, 0.2) is 0 Å². The molecule has 3 heteroatoms. The Hall–Kier alpha value is -1.79. The lowest BCUT2D eigenvalue weighted by atomic mass is 10.2. The average Bonchev–Trinajstić information content (AvgIpc) is 2.27. The van der Waals surface area contributed by atoms with E-state index in [9.17, 15) is 4.79 Å². The predicted molar refractivity (Wildman–Crippen MR) is 57.9 cm³/mol. The van der Waals surface area contributed by atoms with Crippen molar-refractivity contribution in [3.8, 4) is 11.8 Å². The fourth-order valence-corrected chi connectivity index (χ4v) is 1.02. The highest BCUT2D eigenvalue weighted by Crippen LogP contribution is 1.98. The smallest absolute Gasteiger partial charge is 0.267 e. The number of hydrogen-bond acceptors (Lipinski definition) is 2. The molecule has 0 heterocycles. The number of nitrogens with one attached hydrogen (secondary N) is 1. The molecule has 1 unspecified atom stereocenters. The van der Waals surface area contributed by atoms with E-state index in [1.54, 1.807) is 38.1 Å². The van der Waals surface area contributed by atoms with Crippen molar-refractivity contribution in [2.24, 2.45) is 0 Å². The SMILES string of the molecule is CC#CC(C)ONC(=O)c1ccccc1. The number of hydrogen-bond donors (Lipinski definition) is 1. The fourth-order valence-electron chi connectivity index (χ4n) is 1.02. The monoisotopic (exact) mass is 203 g/mol. The van der Waals surface area contributed by atoms with Gasteiger partial charge in [0.05, 0.1) is 0 Å². The zero-order valence-electron chi connectivity index (χ0n) is 8.78. The van der Waals surface area contributed by atoms with E-state index in [-0.39, 0.29) is 12.0 Å². The van der Waals surface area contributed by atoms with Crippen LogP contribution in [0.25, 0.3) is 0 Å². The quantitative estimate of drug-likeness (QED) is 0.600. The van der Waals surface area contributed by atoms with Crippen LogP contribution in [0.2, 0.25) is 0 Å². The molecule has 1 aromatic carbocycles. The van der Waals surface area contributed by atoms with Crippen molar-refractivity contribution in [1.82, 2.24) is 5.48 Å². The van der Waals surface area contributed by atoms with E-state index < -0.39 is 0 Å². The third kappa shape index (κ3) is 3.84. The minimum atomic E-state index is -0.303. The highest BCUT2D eigenvalue weighted by Gasteiger charge is 2.05. The van der Waals surface area contributed by atoms with Gasteiger partial charge in [-0.05, 0) is 26.0 Å². The Kier molecular flexibility index (Phi) is 4.39. The van der Waals surface area contributed by atoms with Crippen LogP contribution in [-0.4, -0.2) is 12.0 Å². The molecule has 0 aromatic heterocycles. The van der Waals surface area contributed by atoms with Crippen molar-refractivity contribution in [3.63, 3.8) is 0 Å². The maximum Gasteiger partial charge on any atom is 0.274 e. The molecule has 0 radical (unpaired) electrons. The van der Waals surface area contributed by atoms with E-state index in [0.29, 0.717) is 5.56 Å². The van der Waals surface area contributed by atoms with Crippen molar-refractivity contribution in [1.29, 1.82) is 0 Å². The number of carbonyl (C=O) groups excluding carboxylic acids is 1. The molecule has 0 spiro atoms. The van der Waals surface area contributed by atoms with Crippen molar-refractivity contribution >= 4 is 5.91 Å². The fraction of sp³-hybridized carbons (Fsp3) is 0.250. The van der Waals surface area contributed by atoms with Gasteiger partial charge in [-0.2, -0.15) is 0 Å². The number of carbonyl (C=O) groups is 1. The summed E-state index contributed by atoms with van der Waals surface area (Å²) in [6.45, 7) is 3.49. The van der Waals surface area contributed by atoms with Crippen LogP contribution in [0.15, 0.2) is 30.3 Å². The van der Waals surface area contributed by atoms with Crippen LogP contribution in [0.1, 0.15) is 24.2 Å². The van der Waals surface area contributed by atoms with E-state index in [1.807, 2.05) is 6.07 Å². The van der Waals surface area contributed by atoms with E-state index in [0.717, 1.165) is 0 Å². The molecule has 1 atom stereocenters. The first-order chi connectivity index (χ1) is 7.24. The molecular formula is C12H13NO2. The Morgan fingerprint density at radius 3 is 2.67 bits per heavy atom. The second kappa shape index (κ2) is 5.84. The Balaban J connectivity index is 2.46. The van der Waals surface area contributed by atoms with E-state index in [1.165, 1.54) is 0 Å². The summed E-state index contributed by atoms with van der Waals surface area (Å²) in [7, 11) is 0. The largest absolute Gasteiger partial charge is 0.274 e.